The van der Waals surface area contributed by atoms with Gasteiger partial charge in [-0.05, 0) is 57.2 Å². The molecule has 1 aromatic carbocycles. The van der Waals surface area contributed by atoms with Crippen molar-refractivity contribution < 1.29 is 4.79 Å². The van der Waals surface area contributed by atoms with Gasteiger partial charge in [0.05, 0.1) is 5.69 Å². The van der Waals surface area contributed by atoms with Gasteiger partial charge in [-0.2, -0.15) is 0 Å². The highest BCUT2D eigenvalue weighted by Gasteiger charge is 2.42. The van der Waals surface area contributed by atoms with Gasteiger partial charge in [0.15, 0.2) is 0 Å². The van der Waals surface area contributed by atoms with Crippen LogP contribution in [0.3, 0.4) is 0 Å². The van der Waals surface area contributed by atoms with Gasteiger partial charge in [-0.25, -0.2) is 9.97 Å². The van der Waals surface area contributed by atoms with Crippen molar-refractivity contribution in [2.24, 2.45) is 11.8 Å². The van der Waals surface area contributed by atoms with Crippen molar-refractivity contribution in [3.05, 3.63) is 46.3 Å². The average Bonchev–Trinajstić information content (AvgIpc) is 3.58. The lowest BCUT2D eigenvalue weighted by Crippen LogP contribution is -2.56. The van der Waals surface area contributed by atoms with Crippen LogP contribution in [0.4, 0.5) is 0 Å². The van der Waals surface area contributed by atoms with Gasteiger partial charge in [-0.1, -0.05) is 34.1 Å². The minimum atomic E-state index is 0.258. The Bertz CT molecular complexity index is 929. The molecular weight excluding hydrogens is 428 g/mol. The highest BCUT2D eigenvalue weighted by molar-refractivity contribution is 9.10. The largest absolute Gasteiger partial charge is 0.354 e. The maximum atomic E-state index is 12.0. The Hall–Kier alpha value is -1.79. The van der Waals surface area contributed by atoms with Gasteiger partial charge in [0, 0.05) is 46.7 Å². The molecule has 2 aromatic rings. The minimum Gasteiger partial charge on any atom is -0.354 e. The van der Waals surface area contributed by atoms with Crippen LogP contribution in [0.25, 0.3) is 11.3 Å². The number of aromatic nitrogens is 2. The number of carbonyl (C=O) groups excluding carboxylic acids is 1. The third-order valence-corrected chi connectivity index (χ3v) is 7.42. The predicted molar refractivity (Wildman–Crippen MR) is 116 cm³/mol. The molecule has 4 heterocycles. The topological polar surface area (TPSA) is 58.1 Å². The standard InChI is InChI=1S/C23H27BrN4O/c1-14-26-21(18-4-2-3-5-20(18)24)11-22(27-14)19-13-28-9-8-16(19)10-17(28)12-25-23(29)15-6-7-15/h2-5,11,15-17,19H,6-10,12-13H2,1H3,(H,25,29)/t16-,17+,19-/m0/s1. The number of halogens is 1. The van der Waals surface area contributed by atoms with Crippen molar-refractivity contribution in [1.82, 2.24) is 20.2 Å². The van der Waals surface area contributed by atoms with Gasteiger partial charge < -0.3 is 5.32 Å². The molecular formula is C23H27BrN4O. The molecule has 5 nitrogen and oxygen atoms in total. The number of hydrogen-bond acceptors (Lipinski definition) is 4. The molecule has 1 saturated carbocycles. The third kappa shape index (κ3) is 3.97. The van der Waals surface area contributed by atoms with Crippen LogP contribution in [0.1, 0.15) is 43.1 Å². The van der Waals surface area contributed by atoms with Crippen LogP contribution in [-0.2, 0) is 4.79 Å². The van der Waals surface area contributed by atoms with E-state index < -0.39 is 0 Å². The second kappa shape index (κ2) is 7.80. The van der Waals surface area contributed by atoms with Gasteiger partial charge in [0.2, 0.25) is 5.91 Å². The smallest absolute Gasteiger partial charge is 0.223 e. The second-order valence-corrected chi connectivity index (χ2v) is 9.62. The number of hydrogen-bond donors (Lipinski definition) is 1. The molecule has 1 N–H and O–H groups in total. The zero-order valence-electron chi connectivity index (χ0n) is 16.8. The highest BCUT2D eigenvalue weighted by atomic mass is 79.9. The van der Waals surface area contributed by atoms with E-state index in [2.05, 4.69) is 44.3 Å². The van der Waals surface area contributed by atoms with Crippen molar-refractivity contribution in [3.8, 4) is 11.3 Å². The average molecular weight is 455 g/mol. The monoisotopic (exact) mass is 454 g/mol. The van der Waals surface area contributed by atoms with E-state index in [1.807, 2.05) is 19.1 Å². The van der Waals surface area contributed by atoms with E-state index in [0.717, 1.165) is 60.5 Å². The third-order valence-electron chi connectivity index (χ3n) is 6.73. The quantitative estimate of drug-likeness (QED) is 0.743. The van der Waals surface area contributed by atoms with E-state index in [1.165, 1.54) is 12.1 Å². The second-order valence-electron chi connectivity index (χ2n) is 8.76. The summed E-state index contributed by atoms with van der Waals surface area (Å²) in [5, 5.41) is 3.19. The Morgan fingerprint density at radius 1 is 1.24 bits per heavy atom. The van der Waals surface area contributed by atoms with Gasteiger partial charge in [0.25, 0.3) is 0 Å². The molecule has 2 bridgehead atoms. The lowest BCUT2D eigenvalue weighted by Gasteiger charge is -2.49. The summed E-state index contributed by atoms with van der Waals surface area (Å²) in [4.78, 5) is 24.1. The molecule has 4 atom stereocenters. The summed E-state index contributed by atoms with van der Waals surface area (Å²) < 4.78 is 1.06. The highest BCUT2D eigenvalue weighted by Crippen LogP contribution is 2.42. The van der Waals surface area contributed by atoms with Crippen LogP contribution < -0.4 is 5.32 Å². The number of fused-ring (bicyclic) bond motifs is 3. The molecule has 0 radical (unpaired) electrons. The molecule has 6 rings (SSSR count). The molecule has 4 aliphatic rings. The zero-order valence-corrected chi connectivity index (χ0v) is 18.4. The molecule has 1 aromatic heterocycles. The van der Waals surface area contributed by atoms with Crippen molar-refractivity contribution in [2.75, 3.05) is 19.6 Å². The van der Waals surface area contributed by atoms with Crippen LogP contribution in [-0.4, -0.2) is 46.5 Å². The summed E-state index contributed by atoms with van der Waals surface area (Å²) in [5.41, 5.74) is 3.27. The fraction of sp³-hybridized carbons (Fsp3) is 0.522. The molecule has 152 valence electrons. The first-order valence-electron chi connectivity index (χ1n) is 10.7. The first-order valence-corrected chi connectivity index (χ1v) is 11.5. The molecule has 0 spiro atoms. The van der Waals surface area contributed by atoms with Gasteiger partial charge in [-0.15, -0.1) is 0 Å². The summed E-state index contributed by atoms with van der Waals surface area (Å²) in [5.74, 6) is 2.45. The molecule has 1 unspecified atom stereocenters. The van der Waals surface area contributed by atoms with Crippen molar-refractivity contribution in [2.45, 2.75) is 44.6 Å². The summed E-state index contributed by atoms with van der Waals surface area (Å²) in [6, 6.07) is 10.9. The minimum absolute atomic E-state index is 0.258. The van der Waals surface area contributed by atoms with E-state index in [1.54, 1.807) is 0 Å². The number of rotatable bonds is 5. The number of benzene rings is 1. The zero-order chi connectivity index (χ0) is 20.0. The van der Waals surface area contributed by atoms with E-state index in [-0.39, 0.29) is 5.91 Å². The molecule has 1 aliphatic carbocycles. The maximum Gasteiger partial charge on any atom is 0.223 e. The number of aryl methyl sites for hydroxylation is 1. The Morgan fingerprint density at radius 2 is 2.07 bits per heavy atom. The van der Waals surface area contributed by atoms with E-state index >= 15 is 0 Å². The van der Waals surface area contributed by atoms with Crippen molar-refractivity contribution >= 4 is 21.8 Å². The molecule has 29 heavy (non-hydrogen) atoms. The first-order chi connectivity index (χ1) is 14.1. The number of nitrogens with zero attached hydrogens (tertiary/aromatic N) is 3. The number of carbonyl (C=O) groups is 1. The van der Waals surface area contributed by atoms with Crippen LogP contribution in [0, 0.1) is 18.8 Å². The number of amides is 1. The fourth-order valence-corrected chi connectivity index (χ4v) is 5.47. The summed E-state index contributed by atoms with van der Waals surface area (Å²) in [6.45, 7) is 4.94. The Balaban J connectivity index is 1.33. The lowest BCUT2D eigenvalue weighted by atomic mass is 9.74. The molecule has 6 heteroatoms. The Labute approximate surface area is 180 Å². The number of piperidine rings is 3. The van der Waals surface area contributed by atoms with E-state index in [9.17, 15) is 4.79 Å². The fourth-order valence-electron chi connectivity index (χ4n) is 4.98. The maximum absolute atomic E-state index is 12.0. The molecule has 3 aliphatic heterocycles. The summed E-state index contributed by atoms with van der Waals surface area (Å²) in [6.07, 6.45) is 4.49. The van der Waals surface area contributed by atoms with E-state index in [4.69, 9.17) is 9.97 Å². The SMILES string of the molecule is Cc1nc(-c2ccccc2Br)cc([C@H]2CN3CC[C@H]2C[C@@H]3CNC(=O)C2CC2)n1. The van der Waals surface area contributed by atoms with Crippen LogP contribution in [0.5, 0.6) is 0 Å². The van der Waals surface area contributed by atoms with Crippen LogP contribution in [0.2, 0.25) is 0 Å². The number of nitrogens with one attached hydrogen (secondary N) is 1. The molecule has 1 amide bonds. The van der Waals surface area contributed by atoms with Gasteiger partial charge in [0.1, 0.15) is 5.82 Å². The van der Waals surface area contributed by atoms with E-state index in [0.29, 0.717) is 23.8 Å². The summed E-state index contributed by atoms with van der Waals surface area (Å²) >= 11 is 3.66. The normalized spacial score (nSPS) is 28.3. The Kier molecular flexibility index (Phi) is 5.16. The van der Waals surface area contributed by atoms with Gasteiger partial charge in [-0.3, -0.25) is 9.69 Å². The van der Waals surface area contributed by atoms with Crippen molar-refractivity contribution in [1.29, 1.82) is 0 Å². The van der Waals surface area contributed by atoms with Crippen molar-refractivity contribution in [3.63, 3.8) is 0 Å². The molecule has 4 fully saturated rings. The predicted octanol–water partition coefficient (Wildman–Crippen LogP) is 3.92. The molecule has 3 saturated heterocycles. The lowest BCUT2D eigenvalue weighted by molar-refractivity contribution is -0.122. The first kappa shape index (κ1) is 19.2. The van der Waals surface area contributed by atoms with Crippen LogP contribution in [0.15, 0.2) is 34.8 Å². The Morgan fingerprint density at radius 3 is 2.79 bits per heavy atom. The van der Waals surface area contributed by atoms with Crippen LogP contribution >= 0.6 is 15.9 Å². The summed E-state index contributed by atoms with van der Waals surface area (Å²) in [7, 11) is 0. The van der Waals surface area contributed by atoms with Gasteiger partial charge >= 0.3 is 0 Å².